The van der Waals surface area contributed by atoms with Crippen molar-refractivity contribution in [3.05, 3.63) is 59.2 Å². The van der Waals surface area contributed by atoms with Crippen LogP contribution < -0.4 is 5.32 Å². The lowest BCUT2D eigenvalue weighted by Gasteiger charge is -2.36. The number of aliphatic hydroxyl groups excluding tert-OH is 1. The van der Waals surface area contributed by atoms with E-state index < -0.39 is 5.41 Å². The first-order chi connectivity index (χ1) is 13.4. The van der Waals surface area contributed by atoms with Gasteiger partial charge in [-0.1, -0.05) is 48.0 Å². The van der Waals surface area contributed by atoms with Gasteiger partial charge >= 0.3 is 0 Å². The summed E-state index contributed by atoms with van der Waals surface area (Å²) >= 11 is 0. The van der Waals surface area contributed by atoms with Crippen molar-refractivity contribution in [3.63, 3.8) is 0 Å². The first kappa shape index (κ1) is 20.6. The Morgan fingerprint density at radius 2 is 1.93 bits per heavy atom. The third-order valence-corrected chi connectivity index (χ3v) is 5.75. The summed E-state index contributed by atoms with van der Waals surface area (Å²) in [6.07, 6.45) is 2.08. The molecule has 2 N–H and O–H groups in total. The minimum atomic E-state index is -0.484. The van der Waals surface area contributed by atoms with Crippen LogP contribution in [0, 0.1) is 19.3 Å². The molecule has 2 aromatic carbocycles. The van der Waals surface area contributed by atoms with Gasteiger partial charge in [-0.3, -0.25) is 4.79 Å². The van der Waals surface area contributed by atoms with Crippen LogP contribution in [0.4, 0.5) is 0 Å². The summed E-state index contributed by atoms with van der Waals surface area (Å²) in [5.41, 5.74) is 5.60. The Morgan fingerprint density at radius 1 is 1.18 bits per heavy atom. The number of carbonyl (C=O) groups is 1. The molecule has 1 amide bonds. The fraction of sp³-hybridized carbons (Fsp3) is 0.458. The first-order valence-corrected chi connectivity index (χ1v) is 10.1. The molecule has 0 unspecified atom stereocenters. The van der Waals surface area contributed by atoms with Crippen LogP contribution in [-0.2, 0) is 16.0 Å². The number of hydrogen-bond donors (Lipinski definition) is 2. The number of amides is 1. The molecule has 0 aromatic heterocycles. The highest BCUT2D eigenvalue weighted by Crippen LogP contribution is 2.36. The predicted molar refractivity (Wildman–Crippen MR) is 112 cm³/mol. The second-order valence-corrected chi connectivity index (χ2v) is 8.15. The number of carbonyl (C=O) groups excluding carboxylic acids is 1. The Balaban J connectivity index is 1.88. The molecular weight excluding hydrogens is 350 g/mol. The molecule has 1 saturated heterocycles. The van der Waals surface area contributed by atoms with Gasteiger partial charge in [0.25, 0.3) is 0 Å². The van der Waals surface area contributed by atoms with Crippen molar-refractivity contribution in [2.45, 2.75) is 46.1 Å². The van der Waals surface area contributed by atoms with E-state index in [0.717, 1.165) is 5.56 Å². The van der Waals surface area contributed by atoms with Crippen LogP contribution in [0.2, 0.25) is 0 Å². The van der Waals surface area contributed by atoms with Crippen molar-refractivity contribution in [2.75, 3.05) is 19.8 Å². The van der Waals surface area contributed by atoms with Gasteiger partial charge in [-0.05, 0) is 62.3 Å². The molecule has 1 atom stereocenters. The van der Waals surface area contributed by atoms with Crippen LogP contribution in [0.5, 0.6) is 0 Å². The van der Waals surface area contributed by atoms with E-state index >= 15 is 0 Å². The molecule has 0 saturated carbocycles. The Morgan fingerprint density at radius 3 is 2.61 bits per heavy atom. The van der Waals surface area contributed by atoms with Crippen molar-refractivity contribution in [3.8, 4) is 11.1 Å². The van der Waals surface area contributed by atoms with E-state index in [1.807, 2.05) is 6.92 Å². The smallest absolute Gasteiger partial charge is 0.227 e. The van der Waals surface area contributed by atoms with Gasteiger partial charge in [-0.15, -0.1) is 0 Å². The topological polar surface area (TPSA) is 58.6 Å². The lowest BCUT2D eigenvalue weighted by atomic mass is 9.74. The zero-order valence-corrected chi connectivity index (χ0v) is 17.1. The normalized spacial score (nSPS) is 17.1. The Kier molecular flexibility index (Phi) is 6.53. The third kappa shape index (κ3) is 4.62. The summed E-state index contributed by atoms with van der Waals surface area (Å²) < 4.78 is 5.53. The quantitative estimate of drug-likeness (QED) is 0.800. The fourth-order valence-corrected chi connectivity index (χ4v) is 4.05. The number of ether oxygens (including phenoxy) is 1. The van der Waals surface area contributed by atoms with Crippen molar-refractivity contribution in [2.24, 2.45) is 5.41 Å². The van der Waals surface area contributed by atoms with Crippen LogP contribution >= 0.6 is 0 Å². The molecule has 4 heteroatoms. The molecule has 0 spiro atoms. The van der Waals surface area contributed by atoms with E-state index in [9.17, 15) is 9.90 Å². The standard InChI is InChI=1S/C24H31NO3/c1-17-7-8-22(18(2)13-17)21-6-4-5-20(14-21)15-24(9-11-28-12-10-24)23(27)25-19(3)16-26/h4-8,13-14,19,26H,9-12,15-16H2,1-3H3,(H,25,27)/t19-/m0/s1. The number of aryl methyl sites for hydroxylation is 2. The number of hydrogen-bond acceptors (Lipinski definition) is 3. The zero-order valence-electron chi connectivity index (χ0n) is 17.1. The van der Waals surface area contributed by atoms with Crippen LogP contribution in [-0.4, -0.2) is 36.9 Å². The lowest BCUT2D eigenvalue weighted by molar-refractivity contribution is -0.137. The van der Waals surface area contributed by atoms with Gasteiger partial charge in [-0.25, -0.2) is 0 Å². The van der Waals surface area contributed by atoms with Gasteiger partial charge < -0.3 is 15.2 Å². The maximum absolute atomic E-state index is 13.1. The van der Waals surface area contributed by atoms with E-state index in [0.29, 0.717) is 32.5 Å². The van der Waals surface area contributed by atoms with Crippen molar-refractivity contribution in [1.82, 2.24) is 5.32 Å². The summed E-state index contributed by atoms with van der Waals surface area (Å²) in [5, 5.41) is 12.3. The summed E-state index contributed by atoms with van der Waals surface area (Å²) in [4.78, 5) is 13.1. The van der Waals surface area contributed by atoms with Crippen LogP contribution in [0.1, 0.15) is 36.5 Å². The lowest BCUT2D eigenvalue weighted by Crippen LogP contribution is -2.49. The van der Waals surface area contributed by atoms with E-state index in [4.69, 9.17) is 4.74 Å². The Hall–Kier alpha value is -2.17. The molecule has 1 aliphatic rings. The molecule has 1 heterocycles. The molecule has 3 rings (SSSR count). The highest BCUT2D eigenvalue weighted by molar-refractivity contribution is 5.83. The zero-order chi connectivity index (χ0) is 20.1. The van der Waals surface area contributed by atoms with Crippen LogP contribution in [0.3, 0.4) is 0 Å². The first-order valence-electron chi connectivity index (χ1n) is 10.1. The van der Waals surface area contributed by atoms with E-state index in [-0.39, 0.29) is 18.6 Å². The van der Waals surface area contributed by atoms with Crippen molar-refractivity contribution in [1.29, 1.82) is 0 Å². The predicted octanol–water partition coefficient (Wildman–Crippen LogP) is 3.81. The average Bonchev–Trinajstić information content (AvgIpc) is 2.68. The van der Waals surface area contributed by atoms with Crippen LogP contribution in [0.25, 0.3) is 11.1 Å². The largest absolute Gasteiger partial charge is 0.394 e. The molecule has 0 aliphatic carbocycles. The number of aliphatic hydroxyl groups is 1. The van der Waals surface area contributed by atoms with Gasteiger partial charge in [0.2, 0.25) is 5.91 Å². The fourth-order valence-electron chi connectivity index (χ4n) is 4.05. The molecule has 2 aromatic rings. The summed E-state index contributed by atoms with van der Waals surface area (Å²) in [6, 6.07) is 14.8. The van der Waals surface area contributed by atoms with E-state index in [1.165, 1.54) is 22.3 Å². The monoisotopic (exact) mass is 381 g/mol. The maximum Gasteiger partial charge on any atom is 0.227 e. The van der Waals surface area contributed by atoms with Gasteiger partial charge in [0.1, 0.15) is 0 Å². The van der Waals surface area contributed by atoms with Gasteiger partial charge in [0.15, 0.2) is 0 Å². The van der Waals surface area contributed by atoms with Crippen LogP contribution in [0.15, 0.2) is 42.5 Å². The molecule has 1 aliphatic heterocycles. The average molecular weight is 382 g/mol. The highest BCUT2D eigenvalue weighted by atomic mass is 16.5. The van der Waals surface area contributed by atoms with Gasteiger partial charge in [0.05, 0.1) is 12.0 Å². The number of benzene rings is 2. The second-order valence-electron chi connectivity index (χ2n) is 8.15. The van der Waals surface area contributed by atoms with Gasteiger partial charge in [0, 0.05) is 19.3 Å². The van der Waals surface area contributed by atoms with Crippen molar-refractivity contribution >= 4 is 5.91 Å². The van der Waals surface area contributed by atoms with E-state index in [2.05, 4.69) is 61.6 Å². The summed E-state index contributed by atoms with van der Waals surface area (Å²) in [7, 11) is 0. The van der Waals surface area contributed by atoms with E-state index in [1.54, 1.807) is 0 Å². The second kappa shape index (κ2) is 8.89. The molecule has 150 valence electrons. The van der Waals surface area contributed by atoms with Gasteiger partial charge in [-0.2, -0.15) is 0 Å². The molecule has 0 radical (unpaired) electrons. The molecule has 28 heavy (non-hydrogen) atoms. The summed E-state index contributed by atoms with van der Waals surface area (Å²) in [5.74, 6) is 0.0225. The molecule has 1 fully saturated rings. The maximum atomic E-state index is 13.1. The Labute approximate surface area is 167 Å². The molecule has 0 bridgehead atoms. The highest BCUT2D eigenvalue weighted by Gasteiger charge is 2.40. The minimum absolute atomic E-state index is 0.0225. The molecular formula is C24H31NO3. The number of rotatable bonds is 6. The SMILES string of the molecule is Cc1ccc(-c2cccc(CC3(C(=O)N[C@@H](C)CO)CCOCC3)c2)c(C)c1. The molecule has 4 nitrogen and oxygen atoms in total. The van der Waals surface area contributed by atoms with Crippen molar-refractivity contribution < 1.29 is 14.6 Å². The third-order valence-electron chi connectivity index (χ3n) is 5.75. The minimum Gasteiger partial charge on any atom is -0.394 e. The summed E-state index contributed by atoms with van der Waals surface area (Å²) in [6.45, 7) is 7.20. The number of nitrogens with one attached hydrogen (secondary N) is 1. The Bertz CT molecular complexity index is 824.